The van der Waals surface area contributed by atoms with Crippen LogP contribution in [0.25, 0.3) is 0 Å². The Hall–Kier alpha value is -2.44. The summed E-state index contributed by atoms with van der Waals surface area (Å²) >= 11 is 0. The van der Waals surface area contributed by atoms with Crippen LogP contribution in [0.1, 0.15) is 37.7 Å². The molecule has 0 saturated carbocycles. The Kier molecular flexibility index (Phi) is 4.26. The minimum Gasteiger partial charge on any atom is -0.480 e. The fourth-order valence-corrected chi connectivity index (χ4v) is 3.50. The highest BCUT2D eigenvalue weighted by Gasteiger charge is 2.40. The molecule has 3 unspecified atom stereocenters. The number of benzene rings is 1. The van der Waals surface area contributed by atoms with Crippen LogP contribution >= 0.6 is 0 Å². The van der Waals surface area contributed by atoms with Crippen LogP contribution in [-0.4, -0.2) is 40.4 Å². The number of carbonyl (C=O) groups is 3. The van der Waals surface area contributed by atoms with E-state index in [1.807, 2.05) is 6.92 Å². The summed E-state index contributed by atoms with van der Waals surface area (Å²) in [6.45, 7) is 2.31. The average molecular weight is 334 g/mol. The van der Waals surface area contributed by atoms with Crippen molar-refractivity contribution in [3.63, 3.8) is 0 Å². The predicted molar refractivity (Wildman–Crippen MR) is 83.9 cm³/mol. The monoisotopic (exact) mass is 334 g/mol. The molecule has 1 aromatic rings. The number of fused-ring (bicyclic) bond motifs is 1. The SMILES string of the molecule is CC1CCN(C(=O)C2CC(=O)Nc3cc(F)ccc32)C(C(=O)O)C1. The topological polar surface area (TPSA) is 86.7 Å². The van der Waals surface area contributed by atoms with E-state index >= 15 is 0 Å². The number of anilines is 1. The van der Waals surface area contributed by atoms with Crippen LogP contribution in [0.2, 0.25) is 0 Å². The highest BCUT2D eigenvalue weighted by Crippen LogP contribution is 2.36. The van der Waals surface area contributed by atoms with Crippen molar-refractivity contribution in [3.05, 3.63) is 29.6 Å². The number of hydrogen-bond donors (Lipinski definition) is 2. The Morgan fingerprint density at radius 2 is 2.12 bits per heavy atom. The van der Waals surface area contributed by atoms with Gasteiger partial charge in [-0.3, -0.25) is 9.59 Å². The smallest absolute Gasteiger partial charge is 0.326 e. The number of nitrogens with zero attached hydrogens (tertiary/aromatic N) is 1. The van der Waals surface area contributed by atoms with Crippen LogP contribution in [0.3, 0.4) is 0 Å². The van der Waals surface area contributed by atoms with Gasteiger partial charge in [-0.25, -0.2) is 9.18 Å². The van der Waals surface area contributed by atoms with Crippen molar-refractivity contribution < 1.29 is 23.9 Å². The van der Waals surface area contributed by atoms with Gasteiger partial charge in [-0.1, -0.05) is 13.0 Å². The van der Waals surface area contributed by atoms with Crippen molar-refractivity contribution in [1.82, 2.24) is 4.90 Å². The van der Waals surface area contributed by atoms with Crippen LogP contribution < -0.4 is 5.32 Å². The highest BCUT2D eigenvalue weighted by molar-refractivity contribution is 6.01. The number of carbonyl (C=O) groups excluding carboxylic acids is 2. The number of carboxylic acids is 1. The molecule has 2 aliphatic rings. The molecular formula is C17H19FN2O4. The van der Waals surface area contributed by atoms with Crippen molar-refractivity contribution in [2.24, 2.45) is 5.92 Å². The van der Waals surface area contributed by atoms with Gasteiger partial charge in [0.05, 0.1) is 5.92 Å². The maximum atomic E-state index is 13.4. The second kappa shape index (κ2) is 6.22. The lowest BCUT2D eigenvalue weighted by atomic mass is 9.86. The lowest BCUT2D eigenvalue weighted by Gasteiger charge is -2.38. The van der Waals surface area contributed by atoms with Gasteiger partial charge in [0, 0.05) is 18.7 Å². The maximum Gasteiger partial charge on any atom is 0.326 e. The van der Waals surface area contributed by atoms with Gasteiger partial charge in [0.2, 0.25) is 11.8 Å². The van der Waals surface area contributed by atoms with Gasteiger partial charge in [-0.15, -0.1) is 0 Å². The first-order valence-corrected chi connectivity index (χ1v) is 7.99. The zero-order valence-electron chi connectivity index (χ0n) is 13.3. The molecule has 24 heavy (non-hydrogen) atoms. The molecule has 2 heterocycles. The molecule has 3 rings (SSSR count). The summed E-state index contributed by atoms with van der Waals surface area (Å²) in [5.41, 5.74) is 0.811. The molecular weight excluding hydrogens is 315 g/mol. The first-order valence-electron chi connectivity index (χ1n) is 7.99. The van der Waals surface area contributed by atoms with E-state index in [9.17, 15) is 23.9 Å². The van der Waals surface area contributed by atoms with Crippen molar-refractivity contribution in [3.8, 4) is 0 Å². The third kappa shape index (κ3) is 2.98. The van der Waals surface area contributed by atoms with E-state index < -0.39 is 23.7 Å². The third-order valence-electron chi connectivity index (χ3n) is 4.79. The molecule has 2 N–H and O–H groups in total. The fraction of sp³-hybridized carbons (Fsp3) is 0.471. The molecule has 2 aliphatic heterocycles. The van der Waals surface area contributed by atoms with Crippen LogP contribution in [0.15, 0.2) is 18.2 Å². The number of nitrogens with one attached hydrogen (secondary N) is 1. The van der Waals surface area contributed by atoms with E-state index in [0.717, 1.165) is 6.42 Å². The van der Waals surface area contributed by atoms with E-state index in [2.05, 4.69) is 5.32 Å². The molecule has 1 fully saturated rings. The molecule has 3 atom stereocenters. The van der Waals surface area contributed by atoms with Crippen molar-refractivity contribution in [2.75, 3.05) is 11.9 Å². The van der Waals surface area contributed by atoms with Crippen molar-refractivity contribution >= 4 is 23.5 Å². The lowest BCUT2D eigenvalue weighted by Crippen LogP contribution is -2.52. The molecule has 1 aromatic carbocycles. The van der Waals surface area contributed by atoms with Gasteiger partial charge in [0.25, 0.3) is 0 Å². The van der Waals surface area contributed by atoms with Crippen LogP contribution in [0.4, 0.5) is 10.1 Å². The number of piperidine rings is 1. The second-order valence-electron chi connectivity index (χ2n) is 6.55. The van der Waals surface area contributed by atoms with Crippen LogP contribution in [0, 0.1) is 11.7 Å². The second-order valence-corrected chi connectivity index (χ2v) is 6.55. The molecule has 0 aliphatic carbocycles. The Labute approximate surface area is 138 Å². The zero-order chi connectivity index (χ0) is 17.4. The Morgan fingerprint density at radius 1 is 1.38 bits per heavy atom. The van der Waals surface area contributed by atoms with Gasteiger partial charge in [-0.05, 0) is 36.5 Å². The molecule has 2 amide bonds. The molecule has 0 bridgehead atoms. The number of carboxylic acid groups (broad SMARTS) is 1. The normalized spacial score (nSPS) is 26.5. The third-order valence-corrected chi connectivity index (χ3v) is 4.79. The fourth-order valence-electron chi connectivity index (χ4n) is 3.50. The molecule has 0 aromatic heterocycles. The summed E-state index contributed by atoms with van der Waals surface area (Å²) in [6.07, 6.45) is 1.07. The summed E-state index contributed by atoms with van der Waals surface area (Å²) in [5.74, 6) is -2.83. The summed E-state index contributed by atoms with van der Waals surface area (Å²) in [5, 5.41) is 12.0. The molecule has 0 spiro atoms. The first-order chi connectivity index (χ1) is 11.4. The van der Waals surface area contributed by atoms with Crippen LogP contribution in [-0.2, 0) is 14.4 Å². The van der Waals surface area contributed by atoms with Gasteiger partial charge in [-0.2, -0.15) is 0 Å². The largest absolute Gasteiger partial charge is 0.480 e. The molecule has 7 heteroatoms. The Balaban J connectivity index is 1.92. The van der Waals surface area contributed by atoms with Gasteiger partial charge in [0.1, 0.15) is 11.9 Å². The highest BCUT2D eigenvalue weighted by atomic mass is 19.1. The standard InChI is InChI=1S/C17H19FN2O4/c1-9-4-5-20(14(6-9)17(23)24)16(22)12-8-15(21)19-13-7-10(18)2-3-11(12)13/h2-3,7,9,12,14H,4-6,8H2,1H3,(H,19,21)(H,23,24). The van der Waals surface area contributed by atoms with Gasteiger partial charge < -0.3 is 15.3 Å². The average Bonchev–Trinajstić information content (AvgIpc) is 2.52. The number of aliphatic carboxylic acids is 1. The zero-order valence-corrected chi connectivity index (χ0v) is 13.3. The quantitative estimate of drug-likeness (QED) is 0.866. The first kappa shape index (κ1) is 16.4. The number of hydrogen-bond acceptors (Lipinski definition) is 3. The predicted octanol–water partition coefficient (Wildman–Crippen LogP) is 1.96. The summed E-state index contributed by atoms with van der Waals surface area (Å²) < 4.78 is 13.4. The van der Waals surface area contributed by atoms with Crippen molar-refractivity contribution in [2.45, 2.75) is 38.1 Å². The minimum atomic E-state index is -1.03. The summed E-state index contributed by atoms with van der Waals surface area (Å²) in [4.78, 5) is 37.7. The molecule has 128 valence electrons. The summed E-state index contributed by atoms with van der Waals surface area (Å²) in [6, 6.07) is 3.02. The van der Waals surface area contributed by atoms with E-state index in [4.69, 9.17) is 0 Å². The molecule has 6 nitrogen and oxygen atoms in total. The van der Waals surface area contributed by atoms with Gasteiger partial charge in [0.15, 0.2) is 0 Å². The maximum absolute atomic E-state index is 13.4. The lowest BCUT2D eigenvalue weighted by molar-refractivity contribution is -0.154. The van der Waals surface area contributed by atoms with E-state index in [0.29, 0.717) is 18.5 Å². The molecule has 0 radical (unpaired) electrons. The number of rotatable bonds is 2. The number of likely N-dealkylation sites (tertiary alicyclic amines) is 1. The Bertz CT molecular complexity index is 706. The van der Waals surface area contributed by atoms with Gasteiger partial charge >= 0.3 is 5.97 Å². The molecule has 1 saturated heterocycles. The van der Waals surface area contributed by atoms with E-state index in [-0.39, 0.29) is 29.8 Å². The Morgan fingerprint density at radius 3 is 2.83 bits per heavy atom. The number of halogens is 1. The van der Waals surface area contributed by atoms with E-state index in [1.54, 1.807) is 0 Å². The van der Waals surface area contributed by atoms with Crippen LogP contribution in [0.5, 0.6) is 0 Å². The minimum absolute atomic E-state index is 0.0597. The van der Waals surface area contributed by atoms with Crippen molar-refractivity contribution in [1.29, 1.82) is 0 Å². The summed E-state index contributed by atoms with van der Waals surface area (Å²) in [7, 11) is 0. The number of amides is 2. The van der Waals surface area contributed by atoms with E-state index in [1.165, 1.54) is 23.1 Å².